The molecular weight excluding hydrogens is 376 g/mol. The number of H-pyrrole nitrogens is 1. The van der Waals surface area contributed by atoms with Crippen LogP contribution < -0.4 is 21.1 Å². The number of hydrogen-bond acceptors (Lipinski definition) is 6. The van der Waals surface area contributed by atoms with E-state index in [0.29, 0.717) is 29.3 Å². The smallest absolute Gasteiger partial charge is 0.439 e. The Hall–Kier alpha value is -3.88. The molecule has 0 bridgehead atoms. The van der Waals surface area contributed by atoms with Crippen LogP contribution in [0, 0.1) is 13.8 Å². The Kier molecular flexibility index (Phi) is 4.63. The van der Waals surface area contributed by atoms with Gasteiger partial charge in [-0.3, -0.25) is 19.1 Å². The molecule has 0 aliphatic carbocycles. The zero-order valence-electron chi connectivity index (χ0n) is 15.8. The molecular formula is C20H18N4O5. The summed E-state index contributed by atoms with van der Waals surface area (Å²) in [5.41, 5.74) is 3.77. The van der Waals surface area contributed by atoms with Gasteiger partial charge in [0, 0.05) is 17.8 Å². The second-order valence-corrected chi connectivity index (χ2v) is 6.76. The normalized spacial score (nSPS) is 12.8. The van der Waals surface area contributed by atoms with Crippen LogP contribution in [0.1, 0.15) is 37.7 Å². The number of aromatic nitrogens is 2. The molecule has 3 N–H and O–H groups in total. The van der Waals surface area contributed by atoms with Crippen molar-refractivity contribution >= 4 is 17.5 Å². The number of nitrogens with zero attached hydrogens (tertiary/aromatic N) is 1. The van der Waals surface area contributed by atoms with E-state index in [2.05, 4.69) is 25.3 Å². The molecule has 0 saturated carbocycles. The summed E-state index contributed by atoms with van der Waals surface area (Å²) in [6.45, 7) is 4.34. The van der Waals surface area contributed by atoms with E-state index in [-0.39, 0.29) is 11.7 Å². The second-order valence-electron chi connectivity index (χ2n) is 6.76. The number of aryl methyl sites for hydroxylation is 2. The van der Waals surface area contributed by atoms with Crippen molar-refractivity contribution in [2.75, 3.05) is 11.9 Å². The maximum Gasteiger partial charge on any atom is 0.439 e. The molecule has 9 heteroatoms. The molecule has 4 rings (SSSR count). The van der Waals surface area contributed by atoms with Gasteiger partial charge in [-0.1, -0.05) is 0 Å². The summed E-state index contributed by atoms with van der Waals surface area (Å²) in [5.74, 6) is -0.354. The van der Waals surface area contributed by atoms with Crippen molar-refractivity contribution < 1.29 is 18.8 Å². The van der Waals surface area contributed by atoms with E-state index in [0.717, 1.165) is 23.1 Å². The Morgan fingerprint density at radius 3 is 2.62 bits per heavy atom. The Bertz CT molecular complexity index is 1150. The van der Waals surface area contributed by atoms with Crippen molar-refractivity contribution in [3.63, 3.8) is 0 Å². The van der Waals surface area contributed by atoms with E-state index in [9.17, 15) is 14.4 Å². The first-order valence-electron chi connectivity index (χ1n) is 8.98. The zero-order chi connectivity index (χ0) is 20.5. The van der Waals surface area contributed by atoms with Gasteiger partial charge >= 0.3 is 5.76 Å². The van der Waals surface area contributed by atoms with Gasteiger partial charge in [0.25, 0.3) is 11.8 Å². The summed E-state index contributed by atoms with van der Waals surface area (Å²) in [4.78, 5) is 37.2. The van der Waals surface area contributed by atoms with Gasteiger partial charge in [0.1, 0.15) is 11.5 Å². The minimum absolute atomic E-state index is 0.0706. The monoisotopic (exact) mass is 394 g/mol. The molecule has 1 aliphatic heterocycles. The molecule has 148 valence electrons. The van der Waals surface area contributed by atoms with Gasteiger partial charge in [-0.05, 0) is 72.4 Å². The van der Waals surface area contributed by atoms with Crippen LogP contribution in [0.2, 0.25) is 0 Å². The van der Waals surface area contributed by atoms with Crippen molar-refractivity contribution in [2.45, 2.75) is 20.3 Å². The van der Waals surface area contributed by atoms with Crippen molar-refractivity contribution in [2.24, 2.45) is 0 Å². The molecule has 0 saturated heterocycles. The first kappa shape index (κ1) is 18.5. The highest BCUT2D eigenvalue weighted by Crippen LogP contribution is 2.33. The number of carbonyl (C=O) groups is 2. The van der Waals surface area contributed by atoms with Crippen LogP contribution in [0.3, 0.4) is 0 Å². The van der Waals surface area contributed by atoms with Gasteiger partial charge in [0.05, 0.1) is 0 Å². The molecule has 0 atom stereocenters. The first-order chi connectivity index (χ1) is 13.9. The lowest BCUT2D eigenvalue weighted by atomic mass is 10.0. The van der Waals surface area contributed by atoms with Crippen LogP contribution in [0.25, 0.3) is 0 Å². The molecule has 9 nitrogen and oxygen atoms in total. The number of hydrogen-bond donors (Lipinski definition) is 3. The molecule has 1 aromatic heterocycles. The minimum atomic E-state index is -0.797. The highest BCUT2D eigenvalue weighted by Gasteiger charge is 2.18. The maximum atomic E-state index is 12.1. The van der Waals surface area contributed by atoms with Gasteiger partial charge in [0.15, 0.2) is 0 Å². The van der Waals surface area contributed by atoms with Crippen LogP contribution in [-0.2, 0) is 6.42 Å². The van der Waals surface area contributed by atoms with Gasteiger partial charge in [-0.25, -0.2) is 4.79 Å². The highest BCUT2D eigenvalue weighted by molar-refractivity contribution is 6.01. The number of aromatic amines is 1. The van der Waals surface area contributed by atoms with E-state index < -0.39 is 11.7 Å². The fourth-order valence-electron chi connectivity index (χ4n) is 3.29. The summed E-state index contributed by atoms with van der Waals surface area (Å²) < 4.78 is 10.4. The Morgan fingerprint density at radius 1 is 1.17 bits per heavy atom. The minimum Gasteiger partial charge on any atom is -0.457 e. The molecule has 29 heavy (non-hydrogen) atoms. The molecule has 0 spiro atoms. The van der Waals surface area contributed by atoms with Crippen molar-refractivity contribution in [1.29, 1.82) is 0 Å². The molecule has 1 aliphatic rings. The third-order valence-electron chi connectivity index (χ3n) is 4.59. The van der Waals surface area contributed by atoms with E-state index >= 15 is 0 Å². The van der Waals surface area contributed by atoms with Gasteiger partial charge in [0.2, 0.25) is 5.82 Å². The fourth-order valence-corrected chi connectivity index (χ4v) is 3.29. The lowest BCUT2D eigenvalue weighted by Crippen LogP contribution is -2.31. The number of fused-ring (bicyclic) bond motifs is 1. The number of carbonyl (C=O) groups excluding carboxylic acids is 2. The lowest BCUT2D eigenvalue weighted by Gasteiger charge is -2.18. The van der Waals surface area contributed by atoms with Gasteiger partial charge in [-0.2, -0.15) is 0 Å². The largest absolute Gasteiger partial charge is 0.457 e. The second kappa shape index (κ2) is 7.27. The Labute approximate surface area is 165 Å². The molecule has 0 fully saturated rings. The summed E-state index contributed by atoms with van der Waals surface area (Å²) in [6.07, 6.45) is 0.755. The molecule has 2 heterocycles. The van der Waals surface area contributed by atoms with Crippen LogP contribution in [0.4, 0.5) is 5.69 Å². The molecule has 2 amide bonds. The molecule has 2 aromatic carbocycles. The van der Waals surface area contributed by atoms with E-state index in [4.69, 9.17) is 4.74 Å². The summed E-state index contributed by atoms with van der Waals surface area (Å²) in [7, 11) is 0. The van der Waals surface area contributed by atoms with Crippen molar-refractivity contribution in [1.82, 2.24) is 15.5 Å². The fraction of sp³-hybridized carbons (Fsp3) is 0.200. The summed E-state index contributed by atoms with van der Waals surface area (Å²) in [5, 5.41) is 8.84. The average molecular weight is 394 g/mol. The quantitative estimate of drug-likeness (QED) is 0.623. The molecule has 3 aromatic rings. The predicted molar refractivity (Wildman–Crippen MR) is 104 cm³/mol. The Morgan fingerprint density at radius 2 is 1.93 bits per heavy atom. The number of rotatable bonds is 4. The topological polar surface area (TPSA) is 126 Å². The summed E-state index contributed by atoms with van der Waals surface area (Å²) >= 11 is 0. The van der Waals surface area contributed by atoms with Crippen LogP contribution in [0.15, 0.2) is 39.6 Å². The number of anilines is 1. The van der Waals surface area contributed by atoms with Crippen molar-refractivity contribution in [3.05, 3.63) is 69.0 Å². The average Bonchev–Trinajstić information content (AvgIpc) is 3.11. The SMILES string of the molecule is Cc1cc(NC(=O)c2noc(=O)[nH]2)cc(C)c1Oc1ccc2c(c1)CCNC2=O. The zero-order valence-corrected chi connectivity index (χ0v) is 15.8. The molecule has 0 radical (unpaired) electrons. The number of nitrogens with one attached hydrogen (secondary N) is 3. The number of amides is 2. The van der Waals surface area contributed by atoms with Gasteiger partial charge in [-0.15, -0.1) is 0 Å². The standard InChI is InChI=1S/C20H18N4O5/c1-10-7-13(22-19(26)17-23-20(27)29-24-17)8-11(2)16(10)28-14-3-4-15-12(9-14)5-6-21-18(15)25/h3-4,7-9H,5-6H2,1-2H3,(H,21,25)(H,22,26)(H,23,24,27). The highest BCUT2D eigenvalue weighted by atomic mass is 16.5. The summed E-state index contributed by atoms with van der Waals surface area (Å²) in [6, 6.07) is 8.91. The Balaban J connectivity index is 1.55. The third kappa shape index (κ3) is 3.75. The third-order valence-corrected chi connectivity index (χ3v) is 4.59. The van der Waals surface area contributed by atoms with E-state index in [1.54, 1.807) is 24.3 Å². The lowest BCUT2D eigenvalue weighted by molar-refractivity contribution is 0.0945. The van der Waals surface area contributed by atoms with Crippen LogP contribution >= 0.6 is 0 Å². The first-order valence-corrected chi connectivity index (χ1v) is 8.98. The van der Waals surface area contributed by atoms with Crippen LogP contribution in [0.5, 0.6) is 11.5 Å². The number of benzene rings is 2. The predicted octanol–water partition coefficient (Wildman–Crippen LogP) is 2.31. The van der Waals surface area contributed by atoms with Crippen molar-refractivity contribution in [3.8, 4) is 11.5 Å². The number of ether oxygens (including phenoxy) is 1. The molecule has 0 unspecified atom stereocenters. The van der Waals surface area contributed by atoms with Gasteiger partial charge < -0.3 is 15.4 Å². The van der Waals surface area contributed by atoms with E-state index in [1.807, 2.05) is 19.9 Å². The van der Waals surface area contributed by atoms with E-state index in [1.165, 1.54) is 0 Å². The maximum absolute atomic E-state index is 12.1. The van der Waals surface area contributed by atoms with Crippen LogP contribution in [-0.4, -0.2) is 28.5 Å².